The summed E-state index contributed by atoms with van der Waals surface area (Å²) in [5, 5.41) is 3.57. The monoisotopic (exact) mass is 243 g/mol. The van der Waals surface area contributed by atoms with E-state index in [2.05, 4.69) is 26.1 Å². The number of hydrogen-bond donors (Lipinski definition) is 1. The summed E-state index contributed by atoms with van der Waals surface area (Å²) in [5.41, 5.74) is 0. The standard InChI is InChI=1S/C14H29NO2/c1-4-6-12(3)10-17-14-11-16-9-7-13(14)15-8-5-2/h12-15H,4-11H2,1-3H3. The van der Waals surface area contributed by atoms with Gasteiger partial charge in [0.1, 0.15) is 0 Å². The molecule has 0 aromatic heterocycles. The Labute approximate surface area is 106 Å². The van der Waals surface area contributed by atoms with Gasteiger partial charge in [0.15, 0.2) is 0 Å². The van der Waals surface area contributed by atoms with Crippen LogP contribution in [0.15, 0.2) is 0 Å². The molecule has 0 aromatic carbocycles. The Bertz CT molecular complexity index is 187. The van der Waals surface area contributed by atoms with E-state index < -0.39 is 0 Å². The van der Waals surface area contributed by atoms with Crippen molar-refractivity contribution in [1.82, 2.24) is 5.32 Å². The van der Waals surface area contributed by atoms with Crippen LogP contribution in [0.4, 0.5) is 0 Å². The van der Waals surface area contributed by atoms with Gasteiger partial charge in [0.05, 0.1) is 12.7 Å². The third-order valence-corrected chi connectivity index (χ3v) is 3.34. The van der Waals surface area contributed by atoms with Gasteiger partial charge in [0, 0.05) is 19.3 Å². The molecule has 1 aliphatic rings. The highest BCUT2D eigenvalue weighted by atomic mass is 16.5. The van der Waals surface area contributed by atoms with Crippen LogP contribution in [0.2, 0.25) is 0 Å². The quantitative estimate of drug-likeness (QED) is 0.711. The zero-order chi connectivity index (χ0) is 12.5. The van der Waals surface area contributed by atoms with Gasteiger partial charge in [0.2, 0.25) is 0 Å². The van der Waals surface area contributed by atoms with Crippen LogP contribution in [0, 0.1) is 5.92 Å². The van der Waals surface area contributed by atoms with E-state index in [4.69, 9.17) is 9.47 Å². The Hall–Kier alpha value is -0.120. The van der Waals surface area contributed by atoms with Crippen molar-refractivity contribution in [3.05, 3.63) is 0 Å². The lowest BCUT2D eigenvalue weighted by Crippen LogP contribution is -2.48. The second kappa shape index (κ2) is 8.90. The molecule has 3 atom stereocenters. The lowest BCUT2D eigenvalue weighted by atomic mass is 10.0. The first-order valence-corrected chi connectivity index (χ1v) is 7.20. The molecule has 0 bridgehead atoms. The second-order valence-corrected chi connectivity index (χ2v) is 5.19. The van der Waals surface area contributed by atoms with Crippen molar-refractivity contribution in [2.75, 3.05) is 26.4 Å². The van der Waals surface area contributed by atoms with Crippen molar-refractivity contribution in [3.63, 3.8) is 0 Å². The van der Waals surface area contributed by atoms with Gasteiger partial charge < -0.3 is 14.8 Å². The van der Waals surface area contributed by atoms with Crippen LogP contribution in [0.5, 0.6) is 0 Å². The van der Waals surface area contributed by atoms with E-state index in [0.717, 1.165) is 32.8 Å². The summed E-state index contributed by atoms with van der Waals surface area (Å²) in [6.45, 7) is 10.3. The van der Waals surface area contributed by atoms with Gasteiger partial charge in [-0.2, -0.15) is 0 Å². The van der Waals surface area contributed by atoms with E-state index in [0.29, 0.717) is 12.0 Å². The van der Waals surface area contributed by atoms with Crippen molar-refractivity contribution >= 4 is 0 Å². The van der Waals surface area contributed by atoms with Crippen LogP contribution >= 0.6 is 0 Å². The maximum Gasteiger partial charge on any atom is 0.0961 e. The predicted octanol–water partition coefficient (Wildman–Crippen LogP) is 2.60. The highest BCUT2D eigenvalue weighted by Gasteiger charge is 2.26. The smallest absolute Gasteiger partial charge is 0.0961 e. The zero-order valence-electron chi connectivity index (χ0n) is 11.7. The van der Waals surface area contributed by atoms with E-state index in [1.54, 1.807) is 0 Å². The average molecular weight is 243 g/mol. The molecule has 1 N–H and O–H groups in total. The van der Waals surface area contributed by atoms with Gasteiger partial charge in [-0.3, -0.25) is 0 Å². The highest BCUT2D eigenvalue weighted by molar-refractivity contribution is 4.80. The van der Waals surface area contributed by atoms with Crippen LogP contribution in [0.3, 0.4) is 0 Å². The first kappa shape index (κ1) is 14.9. The first-order valence-electron chi connectivity index (χ1n) is 7.20. The fourth-order valence-electron chi connectivity index (χ4n) is 2.30. The van der Waals surface area contributed by atoms with Gasteiger partial charge in [0.25, 0.3) is 0 Å². The summed E-state index contributed by atoms with van der Waals surface area (Å²) in [5.74, 6) is 0.661. The Morgan fingerprint density at radius 1 is 1.35 bits per heavy atom. The van der Waals surface area contributed by atoms with Gasteiger partial charge >= 0.3 is 0 Å². The summed E-state index contributed by atoms with van der Waals surface area (Å²) in [7, 11) is 0. The summed E-state index contributed by atoms with van der Waals surface area (Å²) in [6, 6.07) is 0.484. The largest absolute Gasteiger partial charge is 0.379 e. The first-order chi connectivity index (χ1) is 8.27. The molecule has 17 heavy (non-hydrogen) atoms. The molecule has 1 saturated heterocycles. The van der Waals surface area contributed by atoms with Crippen LogP contribution in [0.1, 0.15) is 46.5 Å². The summed E-state index contributed by atoms with van der Waals surface area (Å²) in [6.07, 6.45) is 4.99. The molecule has 0 saturated carbocycles. The average Bonchev–Trinajstić information content (AvgIpc) is 2.35. The molecular formula is C14H29NO2. The molecule has 3 nitrogen and oxygen atoms in total. The maximum absolute atomic E-state index is 6.02. The van der Waals surface area contributed by atoms with Crippen molar-refractivity contribution in [2.24, 2.45) is 5.92 Å². The molecule has 1 fully saturated rings. The lowest BCUT2D eigenvalue weighted by Gasteiger charge is -2.33. The third kappa shape index (κ3) is 5.84. The maximum atomic E-state index is 6.02. The third-order valence-electron chi connectivity index (χ3n) is 3.34. The predicted molar refractivity (Wildman–Crippen MR) is 71.3 cm³/mol. The number of hydrogen-bond acceptors (Lipinski definition) is 3. The molecule has 0 amide bonds. The van der Waals surface area contributed by atoms with Crippen molar-refractivity contribution < 1.29 is 9.47 Å². The Kier molecular flexibility index (Phi) is 7.82. The molecular weight excluding hydrogens is 214 g/mol. The van der Waals surface area contributed by atoms with Crippen molar-refractivity contribution in [3.8, 4) is 0 Å². The van der Waals surface area contributed by atoms with E-state index in [9.17, 15) is 0 Å². The molecule has 1 heterocycles. The molecule has 0 radical (unpaired) electrons. The lowest BCUT2D eigenvalue weighted by molar-refractivity contribution is -0.0768. The Balaban J connectivity index is 2.26. The molecule has 0 aromatic rings. The SMILES string of the molecule is CCCNC1CCOCC1OCC(C)CCC. The molecule has 0 spiro atoms. The topological polar surface area (TPSA) is 30.5 Å². The summed E-state index contributed by atoms with van der Waals surface area (Å²) >= 11 is 0. The molecule has 1 aliphatic heterocycles. The van der Waals surface area contributed by atoms with E-state index in [1.165, 1.54) is 19.3 Å². The zero-order valence-corrected chi connectivity index (χ0v) is 11.7. The fraction of sp³-hybridized carbons (Fsp3) is 1.00. The van der Waals surface area contributed by atoms with Crippen LogP contribution in [0.25, 0.3) is 0 Å². The van der Waals surface area contributed by atoms with Gasteiger partial charge in [-0.05, 0) is 31.7 Å². The van der Waals surface area contributed by atoms with Crippen LogP contribution in [-0.4, -0.2) is 38.5 Å². The minimum Gasteiger partial charge on any atom is -0.379 e. The molecule has 3 unspecified atom stereocenters. The second-order valence-electron chi connectivity index (χ2n) is 5.19. The molecule has 3 heteroatoms. The van der Waals surface area contributed by atoms with E-state index in [-0.39, 0.29) is 6.10 Å². The Morgan fingerprint density at radius 2 is 2.18 bits per heavy atom. The minimum atomic E-state index is 0.245. The van der Waals surface area contributed by atoms with Crippen molar-refractivity contribution in [2.45, 2.75) is 58.6 Å². The molecule has 1 rings (SSSR count). The Morgan fingerprint density at radius 3 is 2.88 bits per heavy atom. The number of ether oxygens (including phenoxy) is 2. The molecule has 0 aliphatic carbocycles. The van der Waals surface area contributed by atoms with Gasteiger partial charge in [-0.1, -0.05) is 27.2 Å². The number of nitrogens with one attached hydrogen (secondary N) is 1. The summed E-state index contributed by atoms with van der Waals surface area (Å²) in [4.78, 5) is 0. The minimum absolute atomic E-state index is 0.245. The molecule has 102 valence electrons. The fourth-order valence-corrected chi connectivity index (χ4v) is 2.30. The van der Waals surface area contributed by atoms with Gasteiger partial charge in [-0.15, -0.1) is 0 Å². The van der Waals surface area contributed by atoms with E-state index >= 15 is 0 Å². The van der Waals surface area contributed by atoms with Crippen LogP contribution < -0.4 is 5.32 Å². The van der Waals surface area contributed by atoms with E-state index in [1.807, 2.05) is 0 Å². The normalized spacial score (nSPS) is 27.0. The van der Waals surface area contributed by atoms with Gasteiger partial charge in [-0.25, -0.2) is 0 Å². The van der Waals surface area contributed by atoms with Crippen molar-refractivity contribution in [1.29, 1.82) is 0 Å². The number of rotatable bonds is 8. The summed E-state index contributed by atoms with van der Waals surface area (Å²) < 4.78 is 11.5. The highest BCUT2D eigenvalue weighted by Crippen LogP contribution is 2.14. The van der Waals surface area contributed by atoms with Crippen LogP contribution in [-0.2, 0) is 9.47 Å².